The SMILES string of the molecule is CC1C(B2C3CCCC2CCC3)C[C@@H]2C[C@H]1C2(C)C. The second kappa shape index (κ2) is 4.28. The fourth-order valence-corrected chi connectivity index (χ4v) is 7.12. The van der Waals surface area contributed by atoms with Crippen molar-refractivity contribution in [3.8, 4) is 0 Å². The van der Waals surface area contributed by atoms with Gasteiger partial charge in [-0.25, -0.2) is 0 Å². The Hall–Kier alpha value is 0.0649. The summed E-state index contributed by atoms with van der Waals surface area (Å²) in [4.78, 5) is 0. The van der Waals surface area contributed by atoms with E-state index in [0.29, 0.717) is 5.41 Å². The van der Waals surface area contributed by atoms with Gasteiger partial charge in [0, 0.05) is 0 Å². The molecule has 2 saturated heterocycles. The van der Waals surface area contributed by atoms with E-state index >= 15 is 0 Å². The lowest BCUT2D eigenvalue weighted by molar-refractivity contribution is -0.0998. The summed E-state index contributed by atoms with van der Waals surface area (Å²) in [5.74, 6) is 6.50. The van der Waals surface area contributed by atoms with Crippen LogP contribution in [0.5, 0.6) is 0 Å². The van der Waals surface area contributed by atoms with Crippen molar-refractivity contribution >= 4 is 6.71 Å². The van der Waals surface area contributed by atoms with Crippen molar-refractivity contribution < 1.29 is 0 Å². The Labute approximate surface area is 120 Å². The first-order valence-corrected chi connectivity index (χ1v) is 9.09. The number of fused-ring (bicyclic) bond motifs is 5. The molecule has 106 valence electrons. The number of hydrogen-bond donors (Lipinski definition) is 0. The maximum Gasteiger partial charge on any atom is 0.149 e. The van der Waals surface area contributed by atoms with Gasteiger partial charge < -0.3 is 0 Å². The predicted molar refractivity (Wildman–Crippen MR) is 83.9 cm³/mol. The maximum absolute atomic E-state index is 2.62. The van der Waals surface area contributed by atoms with Crippen molar-refractivity contribution in [1.29, 1.82) is 0 Å². The second-order valence-corrected chi connectivity index (χ2v) is 9.08. The highest BCUT2D eigenvalue weighted by molar-refractivity contribution is 6.64. The molecule has 0 spiro atoms. The van der Waals surface area contributed by atoms with Crippen LogP contribution in [0.4, 0.5) is 0 Å². The van der Waals surface area contributed by atoms with Gasteiger partial charge >= 0.3 is 0 Å². The van der Waals surface area contributed by atoms with Gasteiger partial charge in [0.2, 0.25) is 0 Å². The van der Waals surface area contributed by atoms with Crippen LogP contribution in [0.15, 0.2) is 0 Å². The molecule has 1 heteroatoms. The molecule has 0 aromatic carbocycles. The summed E-state index contributed by atoms with van der Waals surface area (Å²) < 4.78 is 0. The summed E-state index contributed by atoms with van der Waals surface area (Å²) >= 11 is 0. The maximum atomic E-state index is 2.62. The molecule has 2 heterocycles. The molecule has 0 amide bonds. The van der Waals surface area contributed by atoms with E-state index in [2.05, 4.69) is 20.8 Å². The van der Waals surface area contributed by atoms with Crippen LogP contribution in [-0.2, 0) is 0 Å². The number of hydrogen-bond acceptors (Lipinski definition) is 0. The largest absolute Gasteiger partial charge is 0.149 e. The van der Waals surface area contributed by atoms with Crippen LogP contribution < -0.4 is 0 Å². The van der Waals surface area contributed by atoms with Crippen LogP contribution in [0.25, 0.3) is 0 Å². The summed E-state index contributed by atoms with van der Waals surface area (Å²) in [6.07, 6.45) is 12.5. The normalized spacial score (nSPS) is 51.6. The van der Waals surface area contributed by atoms with Gasteiger partial charge in [0.1, 0.15) is 6.71 Å². The third-order valence-electron chi connectivity index (χ3n) is 8.30. The molecule has 0 aromatic rings. The summed E-state index contributed by atoms with van der Waals surface area (Å²) in [5, 5.41) is 0. The molecule has 4 atom stereocenters. The first-order valence-electron chi connectivity index (χ1n) is 9.09. The molecule has 19 heavy (non-hydrogen) atoms. The van der Waals surface area contributed by atoms with Crippen molar-refractivity contribution in [2.45, 2.75) is 89.6 Å². The van der Waals surface area contributed by atoms with Gasteiger partial charge in [-0.3, -0.25) is 0 Å². The minimum atomic E-state index is 0.680. The molecule has 2 aliphatic heterocycles. The van der Waals surface area contributed by atoms with Gasteiger partial charge in [-0.05, 0) is 29.6 Å². The topological polar surface area (TPSA) is 0 Å². The smallest absolute Gasteiger partial charge is 0.0626 e. The van der Waals surface area contributed by atoms with E-state index in [4.69, 9.17) is 0 Å². The fraction of sp³-hybridized carbons (Fsp3) is 1.00. The monoisotopic (exact) mass is 258 g/mol. The van der Waals surface area contributed by atoms with E-state index < -0.39 is 0 Å². The van der Waals surface area contributed by atoms with Crippen molar-refractivity contribution in [3.05, 3.63) is 0 Å². The Kier molecular flexibility index (Phi) is 2.88. The lowest BCUT2D eigenvalue weighted by Crippen LogP contribution is -2.57. The minimum Gasteiger partial charge on any atom is -0.0626 e. The second-order valence-electron chi connectivity index (χ2n) is 9.08. The molecule has 5 aliphatic rings. The molecule has 5 fully saturated rings. The van der Waals surface area contributed by atoms with Crippen LogP contribution in [0, 0.1) is 23.2 Å². The molecule has 0 aromatic heterocycles. The van der Waals surface area contributed by atoms with Crippen LogP contribution in [0.3, 0.4) is 0 Å². The van der Waals surface area contributed by atoms with Gasteiger partial charge in [-0.2, -0.15) is 0 Å². The van der Waals surface area contributed by atoms with Gasteiger partial charge in [-0.1, -0.05) is 83.2 Å². The molecule has 0 N–H and O–H groups in total. The Morgan fingerprint density at radius 3 is 1.95 bits per heavy atom. The first kappa shape index (κ1) is 12.8. The molecule has 3 aliphatic carbocycles. The summed E-state index contributed by atoms with van der Waals surface area (Å²) in [5.41, 5.74) is 0.680. The van der Waals surface area contributed by atoms with Gasteiger partial charge in [-0.15, -0.1) is 0 Å². The van der Waals surface area contributed by atoms with E-state index in [0.717, 1.165) is 41.9 Å². The highest BCUT2D eigenvalue weighted by Gasteiger charge is 2.59. The standard InChI is InChI=1S/C18H31B/c1-12-16-10-13(18(16,2)3)11-17(12)19-14-6-4-7-15(19)9-5-8-14/h12-17H,4-11H2,1-3H3/t12?,13-,14?,15?,16+,17?/m0/s1. The van der Waals surface area contributed by atoms with Crippen LogP contribution >= 0.6 is 0 Å². The van der Waals surface area contributed by atoms with Gasteiger partial charge in [0.25, 0.3) is 0 Å². The van der Waals surface area contributed by atoms with Crippen molar-refractivity contribution in [3.63, 3.8) is 0 Å². The zero-order valence-corrected chi connectivity index (χ0v) is 13.2. The average Bonchev–Trinajstić information content (AvgIpc) is 2.37. The van der Waals surface area contributed by atoms with E-state index in [1.165, 1.54) is 0 Å². The highest BCUT2D eigenvalue weighted by atomic mass is 14.6. The molecular weight excluding hydrogens is 227 g/mol. The zero-order valence-electron chi connectivity index (χ0n) is 13.2. The molecule has 3 saturated carbocycles. The van der Waals surface area contributed by atoms with Crippen molar-refractivity contribution in [1.82, 2.24) is 0 Å². The van der Waals surface area contributed by atoms with Crippen LogP contribution in [0.2, 0.25) is 17.5 Å². The number of rotatable bonds is 1. The van der Waals surface area contributed by atoms with E-state index in [9.17, 15) is 0 Å². The fourth-order valence-electron chi connectivity index (χ4n) is 7.12. The van der Waals surface area contributed by atoms with Crippen molar-refractivity contribution in [2.24, 2.45) is 23.2 Å². The molecule has 4 bridgehead atoms. The third kappa shape index (κ3) is 1.72. The summed E-state index contributed by atoms with van der Waals surface area (Å²) in [6, 6.07) is 0. The van der Waals surface area contributed by atoms with E-state index in [-0.39, 0.29) is 0 Å². The van der Waals surface area contributed by atoms with Gasteiger partial charge in [0.15, 0.2) is 0 Å². The highest BCUT2D eigenvalue weighted by Crippen LogP contribution is 2.67. The Bertz CT molecular complexity index is 339. The van der Waals surface area contributed by atoms with E-state index in [1.807, 2.05) is 0 Å². The lowest BCUT2D eigenvalue weighted by atomic mass is 9.18. The predicted octanol–water partition coefficient (Wildman–Crippen LogP) is 5.66. The Morgan fingerprint density at radius 2 is 1.47 bits per heavy atom. The van der Waals surface area contributed by atoms with E-state index in [1.54, 1.807) is 51.4 Å². The Balaban J connectivity index is 1.57. The quantitative estimate of drug-likeness (QED) is 0.532. The van der Waals surface area contributed by atoms with Crippen LogP contribution in [0.1, 0.15) is 72.1 Å². The molecule has 0 nitrogen and oxygen atoms in total. The lowest BCUT2D eigenvalue weighted by Gasteiger charge is -2.64. The molecule has 5 rings (SSSR count). The molecule has 0 radical (unpaired) electrons. The van der Waals surface area contributed by atoms with Crippen LogP contribution in [-0.4, -0.2) is 6.71 Å². The zero-order chi connectivity index (χ0) is 13.2. The average molecular weight is 258 g/mol. The first-order chi connectivity index (χ1) is 9.09. The molecular formula is C18H31B. The van der Waals surface area contributed by atoms with Gasteiger partial charge in [0.05, 0.1) is 0 Å². The minimum absolute atomic E-state index is 0.680. The summed E-state index contributed by atoms with van der Waals surface area (Å²) in [6.45, 7) is 8.87. The third-order valence-corrected chi connectivity index (χ3v) is 8.30. The van der Waals surface area contributed by atoms with Crippen molar-refractivity contribution in [2.75, 3.05) is 0 Å². The molecule has 2 unspecified atom stereocenters. The Morgan fingerprint density at radius 1 is 0.895 bits per heavy atom. The summed E-state index contributed by atoms with van der Waals surface area (Å²) in [7, 11) is 0.